The van der Waals surface area contributed by atoms with Gasteiger partial charge in [-0.15, -0.1) is 0 Å². The Labute approximate surface area is 116 Å². The number of β-amino-alcohol motifs (C(OH)–C–C–N with tert-alkyl or cyclic N) is 2. The van der Waals surface area contributed by atoms with Crippen molar-refractivity contribution in [2.45, 2.75) is 37.9 Å². The van der Waals surface area contributed by atoms with Crippen LogP contribution in [0.5, 0.6) is 0 Å². The van der Waals surface area contributed by atoms with E-state index in [9.17, 15) is 10.2 Å². The largest absolute Gasteiger partial charge is 0.392 e. The lowest BCUT2D eigenvalue weighted by Gasteiger charge is -2.16. The number of aliphatic hydroxyl groups excluding tert-OH is 2. The molecule has 0 spiro atoms. The second-order valence-electron chi connectivity index (χ2n) is 5.81. The van der Waals surface area contributed by atoms with Gasteiger partial charge < -0.3 is 24.7 Å². The summed E-state index contributed by atoms with van der Waals surface area (Å²) in [6.07, 6.45) is 3.71. The SMILES string of the molecule is O[C@H]1CCN(CCCOCCCN2CC[C@H](O)C2)C1. The van der Waals surface area contributed by atoms with Gasteiger partial charge in [-0.1, -0.05) is 0 Å². The molecular weight excluding hydrogens is 244 g/mol. The number of likely N-dealkylation sites (tertiary alicyclic amines) is 2. The van der Waals surface area contributed by atoms with Crippen molar-refractivity contribution in [1.82, 2.24) is 9.80 Å². The highest BCUT2D eigenvalue weighted by Gasteiger charge is 2.20. The first-order chi connectivity index (χ1) is 9.24. The average Bonchev–Trinajstić information content (AvgIpc) is 2.97. The first-order valence-electron chi connectivity index (χ1n) is 7.62. The summed E-state index contributed by atoms with van der Waals surface area (Å²) in [5.41, 5.74) is 0. The summed E-state index contributed by atoms with van der Waals surface area (Å²) in [5, 5.41) is 18.8. The molecular formula is C14H28N2O3. The number of rotatable bonds is 8. The van der Waals surface area contributed by atoms with Gasteiger partial charge in [0.2, 0.25) is 0 Å². The monoisotopic (exact) mass is 272 g/mol. The van der Waals surface area contributed by atoms with Gasteiger partial charge in [0.05, 0.1) is 12.2 Å². The van der Waals surface area contributed by atoms with E-state index in [1.54, 1.807) is 0 Å². The summed E-state index contributed by atoms with van der Waals surface area (Å²) in [6, 6.07) is 0. The van der Waals surface area contributed by atoms with Gasteiger partial charge in [-0.25, -0.2) is 0 Å². The van der Waals surface area contributed by atoms with Crippen molar-refractivity contribution in [2.75, 3.05) is 52.5 Å². The van der Waals surface area contributed by atoms with Crippen molar-refractivity contribution in [2.24, 2.45) is 0 Å². The Balaban J connectivity index is 1.36. The summed E-state index contributed by atoms with van der Waals surface area (Å²) in [4.78, 5) is 4.61. The number of nitrogens with zero attached hydrogens (tertiary/aromatic N) is 2. The lowest BCUT2D eigenvalue weighted by molar-refractivity contribution is 0.109. The lowest BCUT2D eigenvalue weighted by Crippen LogP contribution is -2.25. The van der Waals surface area contributed by atoms with E-state index < -0.39 is 0 Å². The van der Waals surface area contributed by atoms with Crippen LogP contribution in [0, 0.1) is 0 Å². The zero-order valence-corrected chi connectivity index (χ0v) is 11.8. The summed E-state index contributed by atoms with van der Waals surface area (Å²) < 4.78 is 5.63. The average molecular weight is 272 g/mol. The number of aliphatic hydroxyl groups is 2. The van der Waals surface area contributed by atoms with Crippen LogP contribution in [-0.2, 0) is 4.74 Å². The number of ether oxygens (including phenoxy) is 1. The minimum Gasteiger partial charge on any atom is -0.392 e. The maximum absolute atomic E-state index is 9.40. The molecule has 0 amide bonds. The van der Waals surface area contributed by atoms with Gasteiger partial charge in [0, 0.05) is 52.5 Å². The molecule has 2 rings (SSSR count). The second-order valence-corrected chi connectivity index (χ2v) is 5.81. The van der Waals surface area contributed by atoms with Crippen LogP contribution in [0.3, 0.4) is 0 Å². The van der Waals surface area contributed by atoms with E-state index >= 15 is 0 Å². The van der Waals surface area contributed by atoms with Crippen molar-refractivity contribution in [3.05, 3.63) is 0 Å². The fraction of sp³-hybridized carbons (Fsp3) is 1.00. The van der Waals surface area contributed by atoms with Crippen LogP contribution in [0.2, 0.25) is 0 Å². The first kappa shape index (κ1) is 15.2. The molecule has 2 aliphatic rings. The topological polar surface area (TPSA) is 56.2 Å². The fourth-order valence-electron chi connectivity index (χ4n) is 2.91. The van der Waals surface area contributed by atoms with E-state index in [4.69, 9.17) is 4.74 Å². The smallest absolute Gasteiger partial charge is 0.0679 e. The van der Waals surface area contributed by atoms with Gasteiger partial charge in [-0.2, -0.15) is 0 Å². The summed E-state index contributed by atoms with van der Waals surface area (Å²) in [6.45, 7) is 7.42. The number of hydrogen-bond acceptors (Lipinski definition) is 5. The van der Waals surface area contributed by atoms with Gasteiger partial charge in [-0.05, 0) is 25.7 Å². The van der Waals surface area contributed by atoms with Gasteiger partial charge >= 0.3 is 0 Å². The van der Waals surface area contributed by atoms with Crippen LogP contribution in [0.1, 0.15) is 25.7 Å². The molecule has 0 aromatic carbocycles. The predicted octanol–water partition coefficient (Wildman–Crippen LogP) is -0.0836. The quantitative estimate of drug-likeness (QED) is 0.605. The lowest BCUT2D eigenvalue weighted by atomic mass is 10.3. The molecule has 0 radical (unpaired) electrons. The van der Waals surface area contributed by atoms with Crippen molar-refractivity contribution < 1.29 is 14.9 Å². The fourth-order valence-corrected chi connectivity index (χ4v) is 2.91. The molecule has 0 aromatic heterocycles. The van der Waals surface area contributed by atoms with E-state index in [0.717, 1.165) is 78.2 Å². The number of hydrogen-bond donors (Lipinski definition) is 2. The molecule has 0 bridgehead atoms. The Morgan fingerprint density at radius 1 is 0.842 bits per heavy atom. The Bertz CT molecular complexity index is 229. The molecule has 2 saturated heterocycles. The van der Waals surface area contributed by atoms with E-state index in [0.29, 0.717) is 0 Å². The highest BCUT2D eigenvalue weighted by atomic mass is 16.5. The van der Waals surface area contributed by atoms with Crippen LogP contribution in [0.4, 0.5) is 0 Å². The molecule has 5 heteroatoms. The Hall–Kier alpha value is -0.200. The third kappa shape index (κ3) is 5.75. The molecule has 2 N–H and O–H groups in total. The summed E-state index contributed by atoms with van der Waals surface area (Å²) in [7, 11) is 0. The summed E-state index contributed by atoms with van der Waals surface area (Å²) in [5.74, 6) is 0. The minimum absolute atomic E-state index is 0.114. The van der Waals surface area contributed by atoms with Crippen molar-refractivity contribution >= 4 is 0 Å². The Morgan fingerprint density at radius 2 is 1.32 bits per heavy atom. The maximum Gasteiger partial charge on any atom is 0.0679 e. The van der Waals surface area contributed by atoms with Gasteiger partial charge in [0.25, 0.3) is 0 Å². The third-order valence-corrected chi connectivity index (χ3v) is 4.02. The Kier molecular flexibility index (Phi) is 6.53. The van der Waals surface area contributed by atoms with Gasteiger partial charge in [0.15, 0.2) is 0 Å². The second kappa shape index (κ2) is 8.17. The molecule has 0 unspecified atom stereocenters. The Morgan fingerprint density at radius 3 is 1.68 bits per heavy atom. The molecule has 0 aromatic rings. The molecule has 112 valence electrons. The molecule has 19 heavy (non-hydrogen) atoms. The maximum atomic E-state index is 9.40. The normalized spacial score (nSPS) is 29.4. The standard InChI is InChI=1S/C14H28N2O3/c17-13-3-7-15(11-13)5-1-9-19-10-2-6-16-8-4-14(18)12-16/h13-14,17-18H,1-12H2/t13-,14-/m0/s1. The zero-order valence-electron chi connectivity index (χ0n) is 11.8. The molecule has 5 nitrogen and oxygen atoms in total. The van der Waals surface area contributed by atoms with Crippen LogP contribution in [0.15, 0.2) is 0 Å². The van der Waals surface area contributed by atoms with Gasteiger partial charge in [0.1, 0.15) is 0 Å². The van der Waals surface area contributed by atoms with Gasteiger partial charge in [-0.3, -0.25) is 0 Å². The van der Waals surface area contributed by atoms with Crippen LogP contribution >= 0.6 is 0 Å². The molecule has 0 aliphatic carbocycles. The van der Waals surface area contributed by atoms with E-state index in [-0.39, 0.29) is 12.2 Å². The molecule has 2 atom stereocenters. The van der Waals surface area contributed by atoms with Crippen LogP contribution in [0.25, 0.3) is 0 Å². The van der Waals surface area contributed by atoms with Crippen molar-refractivity contribution in [3.63, 3.8) is 0 Å². The van der Waals surface area contributed by atoms with Crippen molar-refractivity contribution in [1.29, 1.82) is 0 Å². The molecule has 2 fully saturated rings. The van der Waals surface area contributed by atoms with E-state index in [1.807, 2.05) is 0 Å². The molecule has 0 saturated carbocycles. The molecule has 2 heterocycles. The highest BCUT2D eigenvalue weighted by molar-refractivity contribution is 4.74. The zero-order chi connectivity index (χ0) is 13.5. The predicted molar refractivity (Wildman–Crippen MR) is 74.2 cm³/mol. The van der Waals surface area contributed by atoms with Crippen molar-refractivity contribution in [3.8, 4) is 0 Å². The van der Waals surface area contributed by atoms with Crippen LogP contribution < -0.4 is 0 Å². The van der Waals surface area contributed by atoms with E-state index in [2.05, 4.69) is 9.80 Å². The van der Waals surface area contributed by atoms with E-state index in [1.165, 1.54) is 0 Å². The molecule has 2 aliphatic heterocycles. The third-order valence-electron chi connectivity index (χ3n) is 4.02. The highest BCUT2D eigenvalue weighted by Crippen LogP contribution is 2.09. The summed E-state index contributed by atoms with van der Waals surface area (Å²) >= 11 is 0. The van der Waals surface area contributed by atoms with Crippen LogP contribution in [-0.4, -0.2) is 84.7 Å². The first-order valence-corrected chi connectivity index (χ1v) is 7.62. The minimum atomic E-state index is -0.114.